The van der Waals surface area contributed by atoms with E-state index in [1.807, 2.05) is 42.6 Å². The third kappa shape index (κ3) is 3.61. The van der Waals surface area contributed by atoms with E-state index in [1.165, 1.54) is 4.90 Å². The standard InChI is InChI=1S/C18H20N6O/c25-18(21-15-5-4-14-12-20-22-16(14)11-15)13-23-7-9-24(10-8-23)17-3-1-2-6-19-17/h1-6,11-12H,7-10,13H2,(H,20,22)(H,21,25)/p+1. The van der Waals surface area contributed by atoms with Crippen molar-refractivity contribution in [3.8, 4) is 0 Å². The molecule has 0 spiro atoms. The molecule has 0 saturated carbocycles. The number of pyridine rings is 1. The van der Waals surface area contributed by atoms with Crippen molar-refractivity contribution in [3.05, 3.63) is 48.8 Å². The molecule has 2 aromatic heterocycles. The van der Waals surface area contributed by atoms with E-state index in [0.717, 1.165) is 48.6 Å². The van der Waals surface area contributed by atoms with Crippen molar-refractivity contribution in [3.63, 3.8) is 0 Å². The topological polar surface area (TPSA) is 78.3 Å². The molecule has 0 bridgehead atoms. The molecule has 0 radical (unpaired) electrons. The summed E-state index contributed by atoms with van der Waals surface area (Å²) in [6, 6.07) is 11.7. The van der Waals surface area contributed by atoms with Crippen LogP contribution in [0.25, 0.3) is 10.9 Å². The van der Waals surface area contributed by atoms with Crippen molar-refractivity contribution in [2.45, 2.75) is 0 Å². The van der Waals surface area contributed by atoms with Crippen LogP contribution in [-0.2, 0) is 4.79 Å². The smallest absolute Gasteiger partial charge is 0.279 e. The predicted octanol–water partition coefficient (Wildman–Crippen LogP) is 0.302. The van der Waals surface area contributed by atoms with Gasteiger partial charge in [0.2, 0.25) is 0 Å². The summed E-state index contributed by atoms with van der Waals surface area (Å²) in [5, 5.41) is 10.9. The number of benzene rings is 1. The Labute approximate surface area is 145 Å². The number of amides is 1. The average molecular weight is 337 g/mol. The predicted molar refractivity (Wildman–Crippen MR) is 96.7 cm³/mol. The van der Waals surface area contributed by atoms with Gasteiger partial charge in [0.1, 0.15) is 5.82 Å². The van der Waals surface area contributed by atoms with E-state index in [9.17, 15) is 4.79 Å². The first-order chi connectivity index (χ1) is 12.3. The third-order valence-electron chi connectivity index (χ3n) is 4.58. The largest absolute Gasteiger partial charge is 0.345 e. The lowest BCUT2D eigenvalue weighted by atomic mass is 10.2. The molecule has 1 amide bonds. The van der Waals surface area contributed by atoms with Gasteiger partial charge in [-0.1, -0.05) is 6.07 Å². The summed E-state index contributed by atoms with van der Waals surface area (Å²) in [6.07, 6.45) is 3.59. The number of rotatable bonds is 4. The molecule has 128 valence electrons. The van der Waals surface area contributed by atoms with Gasteiger partial charge in [0.25, 0.3) is 5.91 Å². The van der Waals surface area contributed by atoms with Gasteiger partial charge in [-0.2, -0.15) is 5.10 Å². The highest BCUT2D eigenvalue weighted by Gasteiger charge is 2.22. The van der Waals surface area contributed by atoms with Gasteiger partial charge in [0.05, 0.1) is 37.9 Å². The maximum Gasteiger partial charge on any atom is 0.279 e. The van der Waals surface area contributed by atoms with Crippen LogP contribution in [0, 0.1) is 0 Å². The Bertz CT molecular complexity index is 854. The first-order valence-electron chi connectivity index (χ1n) is 8.50. The monoisotopic (exact) mass is 337 g/mol. The number of fused-ring (bicyclic) bond motifs is 1. The van der Waals surface area contributed by atoms with Gasteiger partial charge < -0.3 is 15.1 Å². The van der Waals surface area contributed by atoms with Gasteiger partial charge in [-0.25, -0.2) is 4.98 Å². The number of hydrogen-bond donors (Lipinski definition) is 3. The van der Waals surface area contributed by atoms with Crippen LogP contribution < -0.4 is 15.1 Å². The number of nitrogens with one attached hydrogen (secondary N) is 3. The maximum absolute atomic E-state index is 12.3. The van der Waals surface area contributed by atoms with Gasteiger partial charge in [-0.05, 0) is 30.3 Å². The molecule has 0 aliphatic carbocycles. The van der Waals surface area contributed by atoms with Crippen LogP contribution in [0.1, 0.15) is 0 Å². The highest BCUT2D eigenvalue weighted by molar-refractivity contribution is 5.93. The second kappa shape index (κ2) is 6.90. The lowest BCUT2D eigenvalue weighted by molar-refractivity contribution is -0.892. The van der Waals surface area contributed by atoms with E-state index in [4.69, 9.17) is 0 Å². The second-order valence-corrected chi connectivity index (χ2v) is 6.32. The number of H-pyrrole nitrogens is 1. The third-order valence-corrected chi connectivity index (χ3v) is 4.58. The first kappa shape index (κ1) is 15.6. The summed E-state index contributed by atoms with van der Waals surface area (Å²) < 4.78 is 0. The van der Waals surface area contributed by atoms with Crippen LogP contribution in [0.2, 0.25) is 0 Å². The number of aromatic amines is 1. The fourth-order valence-corrected chi connectivity index (χ4v) is 3.22. The fraction of sp³-hybridized carbons (Fsp3) is 0.278. The molecule has 1 aromatic carbocycles. The highest BCUT2D eigenvalue weighted by atomic mass is 16.2. The lowest BCUT2D eigenvalue weighted by Crippen LogP contribution is -3.15. The van der Waals surface area contributed by atoms with Crippen LogP contribution in [-0.4, -0.2) is 53.8 Å². The number of carbonyl (C=O) groups is 1. The molecule has 4 rings (SSSR count). The van der Waals surface area contributed by atoms with E-state index in [2.05, 4.69) is 25.4 Å². The van der Waals surface area contributed by atoms with Crippen molar-refractivity contribution in [2.24, 2.45) is 0 Å². The Morgan fingerprint density at radius 3 is 2.92 bits per heavy atom. The Morgan fingerprint density at radius 2 is 2.12 bits per heavy atom. The van der Waals surface area contributed by atoms with Gasteiger partial charge in [0, 0.05) is 17.3 Å². The van der Waals surface area contributed by atoms with Gasteiger partial charge in [-0.3, -0.25) is 9.89 Å². The van der Waals surface area contributed by atoms with Crippen molar-refractivity contribution >= 4 is 28.3 Å². The number of piperazine rings is 1. The molecule has 0 atom stereocenters. The zero-order chi connectivity index (χ0) is 17.1. The van der Waals surface area contributed by atoms with Crippen LogP contribution in [0.3, 0.4) is 0 Å². The molecular weight excluding hydrogens is 316 g/mol. The van der Waals surface area contributed by atoms with Crippen LogP contribution in [0.5, 0.6) is 0 Å². The molecule has 1 aliphatic rings. The Kier molecular flexibility index (Phi) is 4.30. The zero-order valence-corrected chi connectivity index (χ0v) is 13.9. The molecule has 1 saturated heterocycles. The molecule has 3 N–H and O–H groups in total. The minimum absolute atomic E-state index is 0.0418. The second-order valence-electron chi connectivity index (χ2n) is 6.32. The quantitative estimate of drug-likeness (QED) is 0.640. The van der Waals surface area contributed by atoms with E-state index in [1.54, 1.807) is 6.20 Å². The fourth-order valence-electron chi connectivity index (χ4n) is 3.22. The summed E-state index contributed by atoms with van der Waals surface area (Å²) in [4.78, 5) is 20.3. The molecule has 0 unspecified atom stereocenters. The van der Waals surface area contributed by atoms with Crippen molar-refractivity contribution in [1.29, 1.82) is 0 Å². The number of quaternary nitrogens is 1. The van der Waals surface area contributed by atoms with Crippen molar-refractivity contribution in [2.75, 3.05) is 42.9 Å². The van der Waals surface area contributed by atoms with Crippen molar-refractivity contribution in [1.82, 2.24) is 15.2 Å². The lowest BCUT2D eigenvalue weighted by Gasteiger charge is -2.32. The van der Waals surface area contributed by atoms with E-state index >= 15 is 0 Å². The number of hydrogen-bond acceptors (Lipinski definition) is 4. The molecule has 7 nitrogen and oxygen atoms in total. The van der Waals surface area contributed by atoms with Crippen molar-refractivity contribution < 1.29 is 9.69 Å². The van der Waals surface area contributed by atoms with Crippen LogP contribution >= 0.6 is 0 Å². The number of nitrogens with zero attached hydrogens (tertiary/aromatic N) is 3. The Balaban J connectivity index is 1.30. The SMILES string of the molecule is O=C(C[NH+]1CCN(c2ccccn2)CC1)Nc1ccc2cn[nH]c2c1. The van der Waals surface area contributed by atoms with Gasteiger partial charge in [-0.15, -0.1) is 0 Å². The van der Waals surface area contributed by atoms with E-state index in [-0.39, 0.29) is 5.91 Å². The summed E-state index contributed by atoms with van der Waals surface area (Å²) >= 11 is 0. The molecule has 1 aliphatic heterocycles. The number of anilines is 2. The highest BCUT2D eigenvalue weighted by Crippen LogP contribution is 2.16. The van der Waals surface area contributed by atoms with Gasteiger partial charge >= 0.3 is 0 Å². The molecule has 3 heterocycles. The summed E-state index contributed by atoms with van der Waals surface area (Å²) in [5.41, 5.74) is 1.72. The molecule has 7 heteroatoms. The maximum atomic E-state index is 12.3. The molecule has 25 heavy (non-hydrogen) atoms. The minimum atomic E-state index is 0.0418. The minimum Gasteiger partial charge on any atom is -0.345 e. The molecule has 3 aromatic rings. The molecular formula is C18H21N6O+. The summed E-state index contributed by atoms with van der Waals surface area (Å²) in [6.45, 7) is 4.18. The van der Waals surface area contributed by atoms with Gasteiger partial charge in [0.15, 0.2) is 6.54 Å². The Hall–Kier alpha value is -2.93. The first-order valence-corrected chi connectivity index (χ1v) is 8.50. The number of aromatic nitrogens is 3. The summed E-state index contributed by atoms with van der Waals surface area (Å²) in [5.74, 6) is 1.05. The van der Waals surface area contributed by atoms with E-state index in [0.29, 0.717) is 6.54 Å². The number of carbonyl (C=O) groups excluding carboxylic acids is 1. The Morgan fingerprint density at radius 1 is 1.24 bits per heavy atom. The average Bonchev–Trinajstić information content (AvgIpc) is 3.11. The zero-order valence-electron chi connectivity index (χ0n) is 13.9. The van der Waals surface area contributed by atoms with E-state index < -0.39 is 0 Å². The van der Waals surface area contributed by atoms with Crippen LogP contribution in [0.15, 0.2) is 48.8 Å². The summed E-state index contributed by atoms with van der Waals surface area (Å²) in [7, 11) is 0. The normalized spacial score (nSPS) is 15.4. The molecule has 1 fully saturated rings. The van der Waals surface area contributed by atoms with Crippen LogP contribution in [0.4, 0.5) is 11.5 Å².